The number of fused-ring (bicyclic) bond motifs is 2. The lowest BCUT2D eigenvalue weighted by Crippen LogP contribution is -2.34. The Morgan fingerprint density at radius 2 is 1.95 bits per heavy atom. The lowest BCUT2D eigenvalue weighted by Gasteiger charge is -2.15. The van der Waals surface area contributed by atoms with Gasteiger partial charge in [0.05, 0.1) is 24.3 Å². The van der Waals surface area contributed by atoms with Gasteiger partial charge in [0.25, 0.3) is 11.9 Å². The highest BCUT2D eigenvalue weighted by Crippen LogP contribution is 2.32. The molecule has 39 heavy (non-hydrogen) atoms. The van der Waals surface area contributed by atoms with Gasteiger partial charge in [0.2, 0.25) is 5.88 Å². The highest BCUT2D eigenvalue weighted by atomic mass is 35.5. The average molecular weight is 569 g/mol. The molecular formula is C25H27ClF2N4O7. The molecule has 4 heterocycles. The van der Waals surface area contributed by atoms with Gasteiger partial charge in [0.15, 0.2) is 18.4 Å². The summed E-state index contributed by atoms with van der Waals surface area (Å²) in [6.07, 6.45) is -0.322. The van der Waals surface area contributed by atoms with E-state index in [-0.39, 0.29) is 59.6 Å². The summed E-state index contributed by atoms with van der Waals surface area (Å²) in [6, 6.07) is 3.58. The number of carbonyl (C=O) groups is 1. The number of nitrogens with one attached hydrogen (secondary N) is 2. The number of hydrogen-bond acceptors (Lipinski definition) is 9. The number of aliphatic hydroxyl groups excluding tert-OH is 1. The second-order valence-corrected chi connectivity index (χ2v) is 9.56. The molecule has 3 aromatic rings. The van der Waals surface area contributed by atoms with Crippen LogP contribution < -0.4 is 19.5 Å². The van der Waals surface area contributed by atoms with Crippen LogP contribution in [0.1, 0.15) is 25.3 Å². The van der Waals surface area contributed by atoms with E-state index in [9.17, 15) is 18.7 Å². The van der Waals surface area contributed by atoms with Crippen molar-refractivity contribution in [1.29, 1.82) is 0 Å². The van der Waals surface area contributed by atoms with Crippen molar-refractivity contribution >= 4 is 28.7 Å². The molecule has 2 saturated heterocycles. The van der Waals surface area contributed by atoms with Gasteiger partial charge in [-0.25, -0.2) is 8.78 Å². The summed E-state index contributed by atoms with van der Waals surface area (Å²) in [7, 11) is 0. The summed E-state index contributed by atoms with van der Waals surface area (Å²) in [6.45, 7) is 2.01. The first kappa shape index (κ1) is 27.3. The largest absolute Gasteiger partial charge is 0.484 e. The lowest BCUT2D eigenvalue weighted by atomic mass is 10.1. The van der Waals surface area contributed by atoms with Crippen molar-refractivity contribution < 1.29 is 42.4 Å². The van der Waals surface area contributed by atoms with Gasteiger partial charge in [-0.05, 0) is 12.5 Å². The molecule has 0 radical (unpaired) electrons. The van der Waals surface area contributed by atoms with E-state index in [1.807, 2.05) is 6.92 Å². The van der Waals surface area contributed by atoms with Crippen LogP contribution in [0.4, 0.5) is 8.78 Å². The number of aliphatic hydroxyl groups is 1. The molecule has 3 N–H and O–H groups in total. The molecule has 2 aliphatic rings. The maximum atomic E-state index is 14.6. The minimum Gasteiger partial charge on any atom is -0.484 e. The number of unbranched alkanes of at least 4 members (excludes halogenated alkanes) is 1. The van der Waals surface area contributed by atoms with Crippen molar-refractivity contribution in [2.75, 3.05) is 26.4 Å². The SMILES string of the molecule is CCCCNC(=O)COc1cc(F)c(COc2nc3nc(O[C@@H]4COC5C4OC[C@H]5O)[nH]c3cc2Cl)c(F)c1. The molecule has 11 nitrogen and oxygen atoms in total. The number of benzene rings is 1. The summed E-state index contributed by atoms with van der Waals surface area (Å²) in [5.41, 5.74) is 0.283. The standard InChI is InChI=1S/C25H27ClF2N4O7/c1-2-3-4-29-20(34)11-35-12-5-15(27)13(16(28)6-12)8-38-24-14(26)7-17-23(31-24)32-25(30-17)39-19-10-37-21-18(33)9-36-22(19)21/h5-7,18-19,21-22,33H,2-4,8-11H2,1H3,(H,29,34)(H,30,31,32)/t18-,19-,21?,22?/m1/s1. The number of rotatable bonds is 11. The van der Waals surface area contributed by atoms with Gasteiger partial charge in [-0.15, -0.1) is 0 Å². The Bertz CT molecular complexity index is 1320. The molecule has 5 rings (SSSR count). The minimum absolute atomic E-state index is 0.0825. The monoisotopic (exact) mass is 568 g/mol. The van der Waals surface area contributed by atoms with Gasteiger partial charge >= 0.3 is 0 Å². The zero-order valence-corrected chi connectivity index (χ0v) is 21.7. The van der Waals surface area contributed by atoms with Crippen LogP contribution in [0.5, 0.6) is 17.6 Å². The lowest BCUT2D eigenvalue weighted by molar-refractivity contribution is -0.123. The van der Waals surface area contributed by atoms with Crippen LogP contribution in [0.15, 0.2) is 18.2 Å². The number of pyridine rings is 1. The van der Waals surface area contributed by atoms with Crippen molar-refractivity contribution in [2.45, 2.75) is 50.8 Å². The number of nitrogens with zero attached hydrogens (tertiary/aromatic N) is 2. The summed E-state index contributed by atoms with van der Waals surface area (Å²) in [5, 5.41) is 12.6. The Morgan fingerprint density at radius 3 is 2.72 bits per heavy atom. The van der Waals surface area contributed by atoms with Gasteiger partial charge in [-0.3, -0.25) is 4.79 Å². The van der Waals surface area contributed by atoms with E-state index >= 15 is 0 Å². The number of halogens is 3. The molecule has 0 saturated carbocycles. The molecule has 0 bridgehead atoms. The zero-order valence-electron chi connectivity index (χ0n) is 20.9. The predicted octanol–water partition coefficient (Wildman–Crippen LogP) is 2.67. The van der Waals surface area contributed by atoms with Crippen LogP contribution >= 0.6 is 11.6 Å². The van der Waals surface area contributed by atoms with E-state index in [1.165, 1.54) is 6.07 Å². The summed E-state index contributed by atoms with van der Waals surface area (Å²) < 4.78 is 56.9. The maximum absolute atomic E-state index is 14.6. The smallest absolute Gasteiger partial charge is 0.296 e. The fraction of sp³-hybridized carbons (Fsp3) is 0.480. The third-order valence-corrected chi connectivity index (χ3v) is 6.58. The van der Waals surface area contributed by atoms with Crippen LogP contribution in [0, 0.1) is 11.6 Å². The van der Waals surface area contributed by atoms with Crippen LogP contribution in [-0.4, -0.2) is 76.7 Å². The molecule has 4 atom stereocenters. The summed E-state index contributed by atoms with van der Waals surface area (Å²) in [4.78, 5) is 23.2. The van der Waals surface area contributed by atoms with Crippen molar-refractivity contribution in [3.63, 3.8) is 0 Å². The molecule has 1 aromatic carbocycles. The molecule has 2 aromatic heterocycles. The zero-order chi connectivity index (χ0) is 27.5. The Labute approximate surface area is 226 Å². The van der Waals surface area contributed by atoms with Gasteiger partial charge < -0.3 is 39.1 Å². The fourth-order valence-corrected chi connectivity index (χ4v) is 4.48. The van der Waals surface area contributed by atoms with Crippen molar-refractivity contribution in [2.24, 2.45) is 0 Å². The Hall–Kier alpha value is -3.26. The quantitative estimate of drug-likeness (QED) is 0.298. The third kappa shape index (κ3) is 6.16. The number of hydrogen-bond donors (Lipinski definition) is 3. The number of aromatic amines is 1. The summed E-state index contributed by atoms with van der Waals surface area (Å²) >= 11 is 6.27. The van der Waals surface area contributed by atoms with Crippen LogP contribution in [0.25, 0.3) is 11.2 Å². The van der Waals surface area contributed by atoms with Crippen LogP contribution in [-0.2, 0) is 20.9 Å². The van der Waals surface area contributed by atoms with E-state index in [0.717, 1.165) is 25.0 Å². The van der Waals surface area contributed by atoms with E-state index in [4.69, 9.17) is 35.3 Å². The normalized spacial score (nSPS) is 22.2. The molecule has 2 aliphatic heterocycles. The minimum atomic E-state index is -0.916. The predicted molar refractivity (Wildman–Crippen MR) is 133 cm³/mol. The second-order valence-electron chi connectivity index (χ2n) is 9.15. The topological polar surface area (TPSA) is 137 Å². The molecule has 2 unspecified atom stereocenters. The molecular weight excluding hydrogens is 542 g/mol. The van der Waals surface area contributed by atoms with E-state index < -0.39 is 42.7 Å². The van der Waals surface area contributed by atoms with E-state index in [1.54, 1.807) is 0 Å². The Morgan fingerprint density at radius 1 is 1.18 bits per heavy atom. The molecule has 1 amide bonds. The van der Waals surface area contributed by atoms with E-state index in [0.29, 0.717) is 12.1 Å². The van der Waals surface area contributed by atoms with Gasteiger partial charge in [0.1, 0.15) is 47.3 Å². The first-order valence-electron chi connectivity index (χ1n) is 12.5. The molecule has 0 aliphatic carbocycles. The highest BCUT2D eigenvalue weighted by Gasteiger charge is 2.48. The number of ether oxygens (including phenoxy) is 5. The van der Waals surface area contributed by atoms with Gasteiger partial charge in [0, 0.05) is 18.7 Å². The fourth-order valence-electron chi connectivity index (χ4n) is 4.27. The molecule has 14 heteroatoms. The molecule has 210 valence electrons. The number of carbonyl (C=O) groups excluding carboxylic acids is 1. The first-order valence-corrected chi connectivity index (χ1v) is 12.8. The average Bonchev–Trinajstić information content (AvgIpc) is 3.59. The number of aromatic nitrogens is 3. The van der Waals surface area contributed by atoms with Gasteiger partial charge in [-0.2, -0.15) is 9.97 Å². The van der Waals surface area contributed by atoms with Gasteiger partial charge in [-0.1, -0.05) is 24.9 Å². The van der Waals surface area contributed by atoms with E-state index in [2.05, 4.69) is 20.3 Å². The number of imidazole rings is 1. The van der Waals surface area contributed by atoms with Crippen LogP contribution in [0.3, 0.4) is 0 Å². The molecule has 2 fully saturated rings. The first-order chi connectivity index (χ1) is 18.8. The Kier molecular flexibility index (Phi) is 8.31. The van der Waals surface area contributed by atoms with Crippen LogP contribution in [0.2, 0.25) is 5.02 Å². The third-order valence-electron chi connectivity index (χ3n) is 6.31. The molecule has 0 spiro atoms. The summed E-state index contributed by atoms with van der Waals surface area (Å²) in [5.74, 6) is -2.43. The second kappa shape index (κ2) is 11.9. The highest BCUT2D eigenvalue weighted by molar-refractivity contribution is 6.32. The maximum Gasteiger partial charge on any atom is 0.296 e. The number of H-pyrrole nitrogens is 1. The number of amides is 1. The van der Waals surface area contributed by atoms with Crippen molar-refractivity contribution in [3.8, 4) is 17.6 Å². The van der Waals surface area contributed by atoms with Crippen molar-refractivity contribution in [1.82, 2.24) is 20.3 Å². The van der Waals surface area contributed by atoms with Crippen molar-refractivity contribution in [3.05, 3.63) is 40.4 Å². The Balaban J connectivity index is 1.21.